The van der Waals surface area contributed by atoms with Crippen LogP contribution in [0.4, 0.5) is 0 Å². The van der Waals surface area contributed by atoms with Gasteiger partial charge in [0.1, 0.15) is 16.0 Å². The number of allylic oxidation sites excluding steroid dienone is 2. The number of hydrogen-bond acceptors (Lipinski definition) is 8. The number of nitrogens with zero attached hydrogens (tertiary/aromatic N) is 4. The van der Waals surface area contributed by atoms with Crippen molar-refractivity contribution >= 4 is 39.1 Å². The van der Waals surface area contributed by atoms with Gasteiger partial charge < -0.3 is 10.6 Å². The molecule has 0 spiro atoms. The lowest BCUT2D eigenvalue weighted by Crippen LogP contribution is -2.37. The van der Waals surface area contributed by atoms with E-state index in [1.54, 1.807) is 24.5 Å². The molecule has 2 aliphatic heterocycles. The minimum Gasteiger partial charge on any atom is -0.383 e. The molecule has 0 aliphatic carbocycles. The Morgan fingerprint density at radius 1 is 0.971 bits per heavy atom. The minimum absolute atomic E-state index is 0.0129. The van der Waals surface area contributed by atoms with Crippen LogP contribution in [0.1, 0.15) is 42.7 Å². The second-order valence-corrected chi connectivity index (χ2v) is 10.1. The molecule has 4 rings (SSSR count). The van der Waals surface area contributed by atoms with E-state index in [-0.39, 0.29) is 5.92 Å². The highest BCUT2D eigenvalue weighted by Crippen LogP contribution is 2.43. The molecule has 2 aromatic heterocycles. The zero-order valence-corrected chi connectivity index (χ0v) is 21.6. The number of piperidine rings is 2. The van der Waals surface area contributed by atoms with E-state index >= 15 is 0 Å². The van der Waals surface area contributed by atoms with Crippen molar-refractivity contribution in [1.29, 1.82) is 0 Å². The van der Waals surface area contributed by atoms with Crippen LogP contribution in [0, 0.1) is 20.2 Å². The van der Waals surface area contributed by atoms with Crippen molar-refractivity contribution in [2.45, 2.75) is 35.9 Å². The molecule has 4 heterocycles. The molecule has 13 heteroatoms. The van der Waals surface area contributed by atoms with Crippen molar-refractivity contribution in [3.8, 4) is 0 Å². The second-order valence-electron chi connectivity index (χ2n) is 7.93. The number of nitro groups is 2. The second kappa shape index (κ2) is 12.3. The van der Waals surface area contributed by atoms with Crippen LogP contribution in [0.5, 0.6) is 0 Å². The predicted molar refractivity (Wildman–Crippen MR) is 136 cm³/mol. The maximum absolute atomic E-state index is 10.7. The molecule has 2 aliphatic rings. The largest absolute Gasteiger partial charge is 0.383 e. The van der Waals surface area contributed by atoms with Crippen LogP contribution in [0.15, 0.2) is 60.5 Å². The molecular weight excluding hydrogens is 563 g/mol. The zero-order chi connectivity index (χ0) is 25.4. The predicted octanol–water partition coefficient (Wildman–Crippen LogP) is 5.15. The van der Waals surface area contributed by atoms with Gasteiger partial charge >= 0.3 is 0 Å². The van der Waals surface area contributed by atoms with Crippen molar-refractivity contribution in [3.05, 3.63) is 102 Å². The average molecular weight is 586 g/mol. The van der Waals surface area contributed by atoms with Gasteiger partial charge in [-0.05, 0) is 48.9 Å². The summed E-state index contributed by atoms with van der Waals surface area (Å²) in [4.78, 5) is 28.4. The summed E-state index contributed by atoms with van der Waals surface area (Å²) in [5, 5.41) is 28.2. The number of aromatic nitrogens is 2. The third-order valence-electron chi connectivity index (χ3n) is 5.63. The van der Waals surface area contributed by atoms with Gasteiger partial charge in [-0.3, -0.25) is 20.2 Å². The van der Waals surface area contributed by atoms with Crippen molar-refractivity contribution in [2.75, 3.05) is 13.1 Å². The van der Waals surface area contributed by atoms with Crippen molar-refractivity contribution < 1.29 is 9.85 Å². The molecule has 2 atom stereocenters. The summed E-state index contributed by atoms with van der Waals surface area (Å²) in [7, 11) is 0. The lowest BCUT2D eigenvalue weighted by Gasteiger charge is -2.34. The lowest BCUT2D eigenvalue weighted by atomic mass is 9.89. The minimum atomic E-state index is -0.587. The molecule has 0 radical (unpaired) electrons. The Labute approximate surface area is 220 Å². The normalized spacial score (nSPS) is 24.0. The molecule has 0 amide bonds. The van der Waals surface area contributed by atoms with E-state index in [9.17, 15) is 20.2 Å². The van der Waals surface area contributed by atoms with Gasteiger partial charge in [0.05, 0.1) is 19.9 Å². The number of nitrogens with one attached hydrogen (secondary N) is 2. The van der Waals surface area contributed by atoms with Crippen molar-refractivity contribution in [3.63, 3.8) is 0 Å². The fourth-order valence-electron chi connectivity index (χ4n) is 4.00. The SMILES string of the molecule is O=[N+]([O-])/C=C1\NCCCC1(Br)c1ccc(Cl)nc1.O=[N+]([O-])/C=C1\NCCCC1c1ccc(Cl)nc1. The molecule has 0 bridgehead atoms. The Balaban J connectivity index is 0.000000196. The van der Waals surface area contributed by atoms with Crippen LogP contribution in [0.3, 0.4) is 0 Å². The van der Waals surface area contributed by atoms with Crippen LogP contribution < -0.4 is 10.6 Å². The molecular formula is C22H23BrCl2N6O4. The highest BCUT2D eigenvalue weighted by Gasteiger charge is 2.38. The monoisotopic (exact) mass is 584 g/mol. The summed E-state index contributed by atoms with van der Waals surface area (Å²) in [5.74, 6) is 0.0129. The standard InChI is InChI=1S/C11H11BrClN3O2.C11H12ClN3O2/c12-11(8-2-3-10(13)15-6-8)4-1-5-14-9(11)7-16(17)18;12-11-4-3-8(6-14-11)9-2-1-5-13-10(9)7-15(16)17/h2-3,6-7,14H,1,4-5H2;3-4,6-7,9,13H,1-2,5H2/b9-7-;10-7-. The van der Waals surface area contributed by atoms with E-state index in [2.05, 4.69) is 36.5 Å². The van der Waals surface area contributed by atoms with E-state index in [1.807, 2.05) is 12.1 Å². The first-order chi connectivity index (χ1) is 16.7. The van der Waals surface area contributed by atoms with Crippen molar-refractivity contribution in [1.82, 2.24) is 20.6 Å². The van der Waals surface area contributed by atoms with E-state index < -0.39 is 14.2 Å². The van der Waals surface area contributed by atoms with Crippen LogP contribution in [0.2, 0.25) is 10.3 Å². The summed E-state index contributed by atoms with van der Waals surface area (Å²) in [5.41, 5.74) is 3.00. The number of alkyl halides is 1. The Morgan fingerprint density at radius 3 is 2.23 bits per heavy atom. The van der Waals surface area contributed by atoms with Gasteiger partial charge in [0.25, 0.3) is 12.4 Å². The first kappa shape index (κ1) is 26.8. The number of hydrogen-bond donors (Lipinski definition) is 2. The Kier molecular flexibility index (Phi) is 9.41. The van der Waals surface area contributed by atoms with E-state index in [1.165, 1.54) is 0 Å². The zero-order valence-electron chi connectivity index (χ0n) is 18.5. The fraction of sp³-hybridized carbons (Fsp3) is 0.364. The highest BCUT2D eigenvalue weighted by atomic mass is 79.9. The third kappa shape index (κ3) is 7.36. The van der Waals surface area contributed by atoms with Crippen LogP contribution in [-0.4, -0.2) is 32.9 Å². The summed E-state index contributed by atoms with van der Waals surface area (Å²) in [6, 6.07) is 7.07. The first-order valence-electron chi connectivity index (χ1n) is 10.8. The summed E-state index contributed by atoms with van der Waals surface area (Å²) in [6.07, 6.45) is 8.91. The van der Waals surface area contributed by atoms with E-state index in [0.717, 1.165) is 62.3 Å². The van der Waals surface area contributed by atoms with E-state index in [4.69, 9.17) is 23.2 Å². The van der Waals surface area contributed by atoms with Gasteiger partial charge in [0.2, 0.25) is 0 Å². The Hall–Kier alpha value is -2.76. The van der Waals surface area contributed by atoms with Gasteiger partial charge in [0, 0.05) is 31.4 Å². The van der Waals surface area contributed by atoms with Crippen molar-refractivity contribution in [2.24, 2.45) is 0 Å². The molecule has 2 N–H and O–H groups in total. The molecule has 2 aromatic rings. The highest BCUT2D eigenvalue weighted by molar-refractivity contribution is 9.09. The summed E-state index contributed by atoms with van der Waals surface area (Å²) in [6.45, 7) is 1.51. The van der Waals surface area contributed by atoms with Gasteiger partial charge in [0.15, 0.2) is 0 Å². The number of rotatable bonds is 4. The van der Waals surface area contributed by atoms with Crippen LogP contribution >= 0.6 is 39.1 Å². The Bertz CT molecular complexity index is 1110. The number of halogens is 3. The molecule has 0 aromatic carbocycles. The Morgan fingerprint density at radius 2 is 1.63 bits per heavy atom. The van der Waals surface area contributed by atoms with E-state index in [0.29, 0.717) is 21.7 Å². The maximum Gasteiger partial charge on any atom is 0.255 e. The quantitative estimate of drug-likeness (QED) is 0.218. The lowest BCUT2D eigenvalue weighted by molar-refractivity contribution is -0.404. The summed E-state index contributed by atoms with van der Waals surface area (Å²) < 4.78 is -0.587. The van der Waals surface area contributed by atoms with Gasteiger partial charge in [-0.1, -0.05) is 51.3 Å². The van der Waals surface area contributed by atoms with Gasteiger partial charge in [-0.25, -0.2) is 9.97 Å². The maximum atomic E-state index is 10.7. The van der Waals surface area contributed by atoms with Gasteiger partial charge in [-0.15, -0.1) is 0 Å². The summed E-state index contributed by atoms with van der Waals surface area (Å²) >= 11 is 15.1. The molecule has 0 saturated carbocycles. The molecule has 35 heavy (non-hydrogen) atoms. The molecule has 2 saturated heterocycles. The van der Waals surface area contributed by atoms with Crippen LogP contribution in [-0.2, 0) is 4.32 Å². The topological polar surface area (TPSA) is 136 Å². The molecule has 2 unspecified atom stereocenters. The molecule has 186 valence electrons. The first-order valence-corrected chi connectivity index (χ1v) is 12.3. The average Bonchev–Trinajstić information content (AvgIpc) is 2.82. The molecule has 2 fully saturated rings. The smallest absolute Gasteiger partial charge is 0.255 e. The molecule has 10 nitrogen and oxygen atoms in total. The third-order valence-corrected chi connectivity index (χ3v) is 7.36. The van der Waals surface area contributed by atoms with Gasteiger partial charge in [-0.2, -0.15) is 0 Å². The van der Waals surface area contributed by atoms with Crippen LogP contribution in [0.25, 0.3) is 0 Å². The number of pyridine rings is 2. The fourth-order valence-corrected chi connectivity index (χ4v) is 4.98.